The lowest BCUT2D eigenvalue weighted by atomic mass is 10.0. The first-order chi connectivity index (χ1) is 5.56. The van der Waals surface area contributed by atoms with Gasteiger partial charge in [0.15, 0.2) is 0 Å². The zero-order chi connectivity index (χ0) is 9.56. The van der Waals surface area contributed by atoms with Crippen LogP contribution >= 0.6 is 0 Å². The van der Waals surface area contributed by atoms with Crippen molar-refractivity contribution in [2.45, 2.75) is 33.2 Å². The predicted octanol–water partition coefficient (Wildman–Crippen LogP) is 1.95. The molecule has 72 valence electrons. The van der Waals surface area contributed by atoms with Crippen LogP contribution in [-0.4, -0.2) is 19.8 Å². The lowest BCUT2D eigenvalue weighted by Crippen LogP contribution is -2.22. The van der Waals surface area contributed by atoms with E-state index in [2.05, 4.69) is 26.8 Å². The van der Waals surface area contributed by atoms with Crippen molar-refractivity contribution in [3.05, 3.63) is 11.6 Å². The van der Waals surface area contributed by atoms with Crippen molar-refractivity contribution in [3.8, 4) is 0 Å². The van der Waals surface area contributed by atoms with Crippen LogP contribution in [0.3, 0.4) is 0 Å². The van der Waals surface area contributed by atoms with E-state index in [9.17, 15) is 0 Å². The van der Waals surface area contributed by atoms with Gasteiger partial charge in [0, 0.05) is 19.8 Å². The SMILES string of the molecule is COCC(C)CC(N)C=C(C)C. The quantitative estimate of drug-likeness (QED) is 0.642. The molecule has 2 heteroatoms. The Hall–Kier alpha value is -0.340. The molecule has 0 aromatic heterocycles. The average Bonchev–Trinajstić information content (AvgIpc) is 1.84. The van der Waals surface area contributed by atoms with Gasteiger partial charge in [-0.05, 0) is 26.2 Å². The second-order valence-corrected chi connectivity index (χ2v) is 3.70. The lowest BCUT2D eigenvalue weighted by molar-refractivity contribution is 0.154. The Morgan fingerprint density at radius 1 is 1.50 bits per heavy atom. The topological polar surface area (TPSA) is 35.2 Å². The second kappa shape index (κ2) is 6.21. The van der Waals surface area contributed by atoms with Crippen LogP contribution in [0.5, 0.6) is 0 Å². The van der Waals surface area contributed by atoms with Gasteiger partial charge in [-0.3, -0.25) is 0 Å². The molecule has 0 aliphatic heterocycles. The van der Waals surface area contributed by atoms with E-state index >= 15 is 0 Å². The van der Waals surface area contributed by atoms with Gasteiger partial charge in [0.2, 0.25) is 0 Å². The first-order valence-corrected chi connectivity index (χ1v) is 4.45. The Morgan fingerprint density at radius 2 is 2.08 bits per heavy atom. The van der Waals surface area contributed by atoms with Gasteiger partial charge in [0.1, 0.15) is 0 Å². The van der Waals surface area contributed by atoms with Crippen LogP contribution in [0.1, 0.15) is 27.2 Å². The molecule has 0 spiro atoms. The standard InChI is InChI=1S/C10H21NO/c1-8(2)5-10(11)6-9(3)7-12-4/h5,9-10H,6-7,11H2,1-4H3. The highest BCUT2D eigenvalue weighted by atomic mass is 16.5. The van der Waals surface area contributed by atoms with Crippen LogP contribution < -0.4 is 5.73 Å². The molecule has 2 atom stereocenters. The summed E-state index contributed by atoms with van der Waals surface area (Å²) in [6.07, 6.45) is 3.10. The molecule has 0 aliphatic carbocycles. The van der Waals surface area contributed by atoms with Crippen LogP contribution in [0.2, 0.25) is 0 Å². The summed E-state index contributed by atoms with van der Waals surface area (Å²) in [7, 11) is 1.73. The van der Waals surface area contributed by atoms with Crippen LogP contribution in [-0.2, 0) is 4.74 Å². The van der Waals surface area contributed by atoms with Gasteiger partial charge < -0.3 is 10.5 Å². The van der Waals surface area contributed by atoms with Crippen LogP contribution in [0.25, 0.3) is 0 Å². The third kappa shape index (κ3) is 6.38. The summed E-state index contributed by atoms with van der Waals surface area (Å²) in [4.78, 5) is 0. The highest BCUT2D eigenvalue weighted by Gasteiger charge is 2.05. The Bertz CT molecular complexity index is 139. The Labute approximate surface area is 75.8 Å². The number of hydrogen-bond acceptors (Lipinski definition) is 2. The molecule has 2 nitrogen and oxygen atoms in total. The minimum atomic E-state index is 0.181. The molecule has 0 saturated heterocycles. The molecule has 0 aromatic rings. The number of methoxy groups -OCH3 is 1. The predicted molar refractivity (Wildman–Crippen MR) is 53.1 cm³/mol. The zero-order valence-corrected chi connectivity index (χ0v) is 8.63. The summed E-state index contributed by atoms with van der Waals surface area (Å²) in [5.41, 5.74) is 7.16. The molecule has 0 aromatic carbocycles. The summed E-state index contributed by atoms with van der Waals surface area (Å²) in [6, 6.07) is 0.181. The number of hydrogen-bond donors (Lipinski definition) is 1. The summed E-state index contributed by atoms with van der Waals surface area (Å²) in [6.45, 7) is 7.09. The minimum Gasteiger partial charge on any atom is -0.384 e. The van der Waals surface area contributed by atoms with Crippen molar-refractivity contribution in [2.75, 3.05) is 13.7 Å². The van der Waals surface area contributed by atoms with Crippen LogP contribution in [0.4, 0.5) is 0 Å². The maximum atomic E-state index is 5.87. The molecule has 0 fully saturated rings. The summed E-state index contributed by atoms with van der Waals surface area (Å²) in [5, 5.41) is 0. The number of rotatable bonds is 5. The fraction of sp³-hybridized carbons (Fsp3) is 0.800. The number of ether oxygens (including phenoxy) is 1. The van der Waals surface area contributed by atoms with E-state index in [0.29, 0.717) is 5.92 Å². The molecule has 2 N–H and O–H groups in total. The molecule has 0 rings (SSSR count). The molecule has 12 heavy (non-hydrogen) atoms. The maximum absolute atomic E-state index is 5.87. The van der Waals surface area contributed by atoms with E-state index in [1.165, 1.54) is 5.57 Å². The molecule has 0 heterocycles. The maximum Gasteiger partial charge on any atom is 0.0488 e. The van der Waals surface area contributed by atoms with E-state index in [0.717, 1.165) is 13.0 Å². The monoisotopic (exact) mass is 171 g/mol. The van der Waals surface area contributed by atoms with Crippen LogP contribution in [0, 0.1) is 5.92 Å². The minimum absolute atomic E-state index is 0.181. The van der Waals surface area contributed by atoms with Gasteiger partial charge in [0.05, 0.1) is 0 Å². The molecule has 0 aliphatic rings. The summed E-state index contributed by atoms with van der Waals surface area (Å²) in [5.74, 6) is 0.542. The van der Waals surface area contributed by atoms with Crippen molar-refractivity contribution in [1.29, 1.82) is 0 Å². The van der Waals surface area contributed by atoms with Gasteiger partial charge in [0.25, 0.3) is 0 Å². The molecule has 0 radical (unpaired) electrons. The zero-order valence-electron chi connectivity index (χ0n) is 8.63. The Morgan fingerprint density at radius 3 is 2.50 bits per heavy atom. The third-order valence-corrected chi connectivity index (χ3v) is 1.67. The van der Waals surface area contributed by atoms with Crippen molar-refractivity contribution in [2.24, 2.45) is 11.7 Å². The first kappa shape index (κ1) is 11.7. The first-order valence-electron chi connectivity index (χ1n) is 4.45. The highest BCUT2D eigenvalue weighted by Crippen LogP contribution is 2.06. The van der Waals surface area contributed by atoms with E-state index in [1.807, 2.05) is 0 Å². The van der Waals surface area contributed by atoms with Gasteiger partial charge in [-0.25, -0.2) is 0 Å². The summed E-state index contributed by atoms with van der Waals surface area (Å²) < 4.78 is 5.03. The third-order valence-electron chi connectivity index (χ3n) is 1.67. The van der Waals surface area contributed by atoms with E-state index in [4.69, 9.17) is 10.5 Å². The molecule has 0 bridgehead atoms. The van der Waals surface area contributed by atoms with Gasteiger partial charge in [-0.15, -0.1) is 0 Å². The fourth-order valence-electron chi connectivity index (χ4n) is 1.31. The van der Waals surface area contributed by atoms with Crippen LogP contribution in [0.15, 0.2) is 11.6 Å². The molecule has 2 unspecified atom stereocenters. The van der Waals surface area contributed by atoms with Crippen molar-refractivity contribution in [1.82, 2.24) is 0 Å². The van der Waals surface area contributed by atoms with Gasteiger partial charge in [-0.2, -0.15) is 0 Å². The van der Waals surface area contributed by atoms with Gasteiger partial charge in [-0.1, -0.05) is 18.6 Å². The number of nitrogens with two attached hydrogens (primary N) is 1. The fourth-order valence-corrected chi connectivity index (χ4v) is 1.31. The average molecular weight is 171 g/mol. The highest BCUT2D eigenvalue weighted by molar-refractivity contribution is 4.99. The normalized spacial score (nSPS) is 15.4. The smallest absolute Gasteiger partial charge is 0.0488 e. The number of allylic oxidation sites excluding steroid dienone is 1. The van der Waals surface area contributed by atoms with E-state index in [1.54, 1.807) is 7.11 Å². The van der Waals surface area contributed by atoms with Gasteiger partial charge >= 0.3 is 0 Å². The second-order valence-electron chi connectivity index (χ2n) is 3.70. The van der Waals surface area contributed by atoms with E-state index in [-0.39, 0.29) is 6.04 Å². The molecule has 0 amide bonds. The van der Waals surface area contributed by atoms with Crippen molar-refractivity contribution in [3.63, 3.8) is 0 Å². The molecular formula is C10H21NO. The largest absolute Gasteiger partial charge is 0.384 e. The Kier molecular flexibility index (Phi) is 6.03. The van der Waals surface area contributed by atoms with Crippen molar-refractivity contribution < 1.29 is 4.74 Å². The lowest BCUT2D eigenvalue weighted by Gasteiger charge is -2.13. The summed E-state index contributed by atoms with van der Waals surface area (Å²) >= 11 is 0. The molecule has 0 saturated carbocycles. The molecular weight excluding hydrogens is 150 g/mol. The van der Waals surface area contributed by atoms with Crippen molar-refractivity contribution >= 4 is 0 Å². The Balaban J connectivity index is 3.68. The van der Waals surface area contributed by atoms with E-state index < -0.39 is 0 Å².